The molecule has 0 aromatic heterocycles. The van der Waals surface area contributed by atoms with Crippen molar-refractivity contribution in [2.45, 2.75) is 33.2 Å². The second-order valence-electron chi connectivity index (χ2n) is 5.66. The van der Waals surface area contributed by atoms with Gasteiger partial charge in [0.25, 0.3) is 0 Å². The molecule has 1 aliphatic heterocycles. The van der Waals surface area contributed by atoms with Crippen molar-refractivity contribution < 1.29 is 4.74 Å². The first-order valence-corrected chi connectivity index (χ1v) is 6.60. The van der Waals surface area contributed by atoms with Gasteiger partial charge in [0.15, 0.2) is 0 Å². The Morgan fingerprint density at radius 2 is 1.79 bits per heavy atom. The van der Waals surface area contributed by atoms with Crippen LogP contribution in [0, 0.1) is 20.8 Å². The number of benzene rings is 2. The molecule has 2 radical (unpaired) electrons. The van der Waals surface area contributed by atoms with Crippen LogP contribution in [0.5, 0.6) is 5.75 Å². The summed E-state index contributed by atoms with van der Waals surface area (Å²) >= 11 is 0. The van der Waals surface area contributed by atoms with E-state index in [-0.39, 0.29) is 0 Å². The Balaban J connectivity index is 2.44. The van der Waals surface area contributed by atoms with Gasteiger partial charge in [-0.05, 0) is 50.3 Å². The van der Waals surface area contributed by atoms with E-state index < -0.39 is 5.50 Å². The fourth-order valence-corrected chi connectivity index (χ4v) is 2.71. The lowest BCUT2D eigenvalue weighted by molar-refractivity contribution is 0.227. The Labute approximate surface area is 115 Å². The lowest BCUT2D eigenvalue weighted by atomic mass is 9.80. The Morgan fingerprint density at radius 3 is 2.53 bits per heavy atom. The number of hydrogen-bond donors (Lipinski definition) is 0. The third-order valence-corrected chi connectivity index (χ3v) is 3.94. The van der Waals surface area contributed by atoms with Gasteiger partial charge in [-0.25, -0.2) is 0 Å². The van der Waals surface area contributed by atoms with Crippen LogP contribution in [-0.2, 0) is 0 Å². The Hall–Kier alpha value is -1.70. The van der Waals surface area contributed by atoms with E-state index in [0.29, 0.717) is 0 Å². The average Bonchev–Trinajstić information content (AvgIpc) is 2.35. The maximum Gasteiger partial charge on any atom is 0.137 e. The number of hydrogen-bond acceptors (Lipinski definition) is 1. The van der Waals surface area contributed by atoms with Gasteiger partial charge in [-0.2, -0.15) is 0 Å². The van der Waals surface area contributed by atoms with Crippen molar-refractivity contribution in [1.82, 2.24) is 0 Å². The highest BCUT2D eigenvalue weighted by Crippen LogP contribution is 2.41. The monoisotopic (exact) mass is 248 g/mol. The van der Waals surface area contributed by atoms with Crippen LogP contribution in [0.25, 0.3) is 16.8 Å². The van der Waals surface area contributed by atoms with E-state index in [2.05, 4.69) is 45.0 Å². The molecular formula is C17H17BO. The molecule has 1 atom stereocenters. The van der Waals surface area contributed by atoms with Gasteiger partial charge in [0, 0.05) is 10.9 Å². The lowest BCUT2D eigenvalue weighted by Crippen LogP contribution is -2.32. The molecule has 0 bridgehead atoms. The zero-order valence-electron chi connectivity index (χ0n) is 11.9. The van der Waals surface area contributed by atoms with Crippen LogP contribution in [0.4, 0.5) is 0 Å². The van der Waals surface area contributed by atoms with Gasteiger partial charge in [-0.1, -0.05) is 29.8 Å². The summed E-state index contributed by atoms with van der Waals surface area (Å²) in [6, 6.07) is 6.49. The van der Waals surface area contributed by atoms with E-state index in [4.69, 9.17) is 12.6 Å². The van der Waals surface area contributed by atoms with E-state index in [1.807, 2.05) is 13.0 Å². The van der Waals surface area contributed by atoms with Crippen LogP contribution in [0.3, 0.4) is 0 Å². The molecule has 0 saturated carbocycles. The largest absolute Gasteiger partial charge is 0.492 e. The number of rotatable bonds is 0. The Bertz CT molecular complexity index is 711. The molecule has 0 aliphatic carbocycles. The Morgan fingerprint density at radius 1 is 1.05 bits per heavy atom. The maximum atomic E-state index is 6.10. The summed E-state index contributed by atoms with van der Waals surface area (Å²) in [6.07, 6.45) is 4.01. The zero-order valence-corrected chi connectivity index (χ0v) is 11.9. The highest BCUT2D eigenvalue weighted by molar-refractivity contribution is 6.17. The molecule has 0 fully saturated rings. The fourth-order valence-electron chi connectivity index (χ4n) is 2.71. The summed E-state index contributed by atoms with van der Waals surface area (Å²) in [6.45, 7) is 8.28. The standard InChI is InChI=1S/C17H17BO/c1-10-5-6-13-11(2)12(3)14-7-8-17(4,18)19-16(14)15(13)9-10/h5-9H,1-4H3. The third kappa shape index (κ3) is 1.86. The first kappa shape index (κ1) is 12.3. The first-order valence-electron chi connectivity index (χ1n) is 6.60. The van der Waals surface area contributed by atoms with Crippen molar-refractivity contribution in [3.63, 3.8) is 0 Å². The van der Waals surface area contributed by atoms with Crippen molar-refractivity contribution in [1.29, 1.82) is 0 Å². The van der Waals surface area contributed by atoms with E-state index in [9.17, 15) is 0 Å². The molecule has 0 amide bonds. The molecule has 94 valence electrons. The van der Waals surface area contributed by atoms with Crippen LogP contribution in [0.2, 0.25) is 0 Å². The van der Waals surface area contributed by atoms with Crippen molar-refractivity contribution in [2.75, 3.05) is 0 Å². The molecule has 3 rings (SSSR count). The molecule has 1 nitrogen and oxygen atoms in total. The minimum atomic E-state index is -0.731. The third-order valence-electron chi connectivity index (χ3n) is 3.94. The van der Waals surface area contributed by atoms with E-state index in [1.165, 1.54) is 22.1 Å². The van der Waals surface area contributed by atoms with Gasteiger partial charge in [0.1, 0.15) is 13.6 Å². The molecule has 1 unspecified atom stereocenters. The van der Waals surface area contributed by atoms with Crippen molar-refractivity contribution >= 4 is 24.7 Å². The van der Waals surface area contributed by atoms with E-state index in [0.717, 1.165) is 16.7 Å². The SMILES string of the molecule is [B]C1(C)C=Cc2c(C)c(C)c3ccc(C)cc3c2O1. The Kier molecular flexibility index (Phi) is 2.53. The fraction of sp³-hybridized carbons (Fsp3) is 0.294. The smallest absolute Gasteiger partial charge is 0.137 e. The summed E-state index contributed by atoms with van der Waals surface area (Å²) in [5.74, 6) is 0.911. The second-order valence-corrected chi connectivity index (χ2v) is 5.66. The molecule has 2 aromatic rings. The highest BCUT2D eigenvalue weighted by atomic mass is 16.5. The molecule has 0 saturated heterocycles. The van der Waals surface area contributed by atoms with Crippen molar-refractivity contribution in [3.8, 4) is 5.75 Å². The van der Waals surface area contributed by atoms with Crippen LogP contribution < -0.4 is 4.74 Å². The second kappa shape index (κ2) is 3.90. The van der Waals surface area contributed by atoms with Gasteiger partial charge in [-0.3, -0.25) is 0 Å². The van der Waals surface area contributed by atoms with E-state index >= 15 is 0 Å². The van der Waals surface area contributed by atoms with Crippen molar-refractivity contribution in [3.05, 3.63) is 46.5 Å². The number of ether oxygens (including phenoxy) is 1. The minimum absolute atomic E-state index is 0.731. The molecular weight excluding hydrogens is 231 g/mol. The van der Waals surface area contributed by atoms with Gasteiger partial charge >= 0.3 is 0 Å². The molecule has 1 heterocycles. The van der Waals surface area contributed by atoms with Crippen molar-refractivity contribution in [2.24, 2.45) is 0 Å². The van der Waals surface area contributed by atoms with Gasteiger partial charge in [0.05, 0.1) is 5.50 Å². The van der Waals surface area contributed by atoms with Crippen LogP contribution in [0.15, 0.2) is 24.3 Å². The average molecular weight is 248 g/mol. The molecule has 1 aliphatic rings. The minimum Gasteiger partial charge on any atom is -0.492 e. The van der Waals surface area contributed by atoms with Crippen LogP contribution >= 0.6 is 0 Å². The number of fused-ring (bicyclic) bond motifs is 3. The first-order chi connectivity index (χ1) is 8.89. The molecule has 2 aromatic carbocycles. The molecule has 0 N–H and O–H groups in total. The predicted octanol–water partition coefficient (Wildman–Crippen LogP) is 4.06. The highest BCUT2D eigenvalue weighted by Gasteiger charge is 2.25. The molecule has 2 heteroatoms. The normalized spacial score (nSPS) is 21.3. The van der Waals surface area contributed by atoms with Gasteiger partial charge in [0.2, 0.25) is 0 Å². The maximum absolute atomic E-state index is 6.10. The lowest BCUT2D eigenvalue weighted by Gasteiger charge is -2.31. The van der Waals surface area contributed by atoms with Gasteiger partial charge < -0.3 is 4.74 Å². The zero-order chi connectivity index (χ0) is 13.8. The predicted molar refractivity (Wildman–Crippen MR) is 82.0 cm³/mol. The van der Waals surface area contributed by atoms with E-state index in [1.54, 1.807) is 0 Å². The number of aryl methyl sites for hydroxylation is 2. The quantitative estimate of drug-likeness (QED) is 0.639. The van der Waals surface area contributed by atoms with Crippen LogP contribution in [0.1, 0.15) is 29.2 Å². The summed E-state index contributed by atoms with van der Waals surface area (Å²) < 4.78 is 6.01. The topological polar surface area (TPSA) is 9.23 Å². The van der Waals surface area contributed by atoms with Gasteiger partial charge in [-0.15, -0.1) is 0 Å². The summed E-state index contributed by atoms with van der Waals surface area (Å²) in [5, 5.41) is 2.40. The van der Waals surface area contributed by atoms with Crippen LogP contribution in [-0.4, -0.2) is 13.3 Å². The summed E-state index contributed by atoms with van der Waals surface area (Å²) in [5.41, 5.74) is 4.22. The summed E-state index contributed by atoms with van der Waals surface area (Å²) in [4.78, 5) is 0. The molecule has 19 heavy (non-hydrogen) atoms. The molecule has 0 spiro atoms. The summed E-state index contributed by atoms with van der Waals surface area (Å²) in [7, 11) is 6.10.